The Bertz CT molecular complexity index is 618. The summed E-state index contributed by atoms with van der Waals surface area (Å²) in [5, 5.41) is 8.76. The fourth-order valence-corrected chi connectivity index (χ4v) is 2.21. The SMILES string of the molecule is Cc1cc(-c2cccc(C)c2C)ccc1CC#N. The van der Waals surface area contributed by atoms with Crippen LogP contribution in [-0.2, 0) is 6.42 Å². The highest BCUT2D eigenvalue weighted by Gasteiger charge is 2.05. The maximum atomic E-state index is 8.76. The number of nitriles is 1. The Kier molecular flexibility index (Phi) is 3.48. The fraction of sp³-hybridized carbons (Fsp3) is 0.235. The molecule has 0 amide bonds. The minimum absolute atomic E-state index is 0.485. The van der Waals surface area contributed by atoms with Crippen molar-refractivity contribution in [3.8, 4) is 17.2 Å². The molecular formula is C17H17N. The molecule has 0 bridgehead atoms. The van der Waals surface area contributed by atoms with Crippen molar-refractivity contribution in [3.05, 3.63) is 58.7 Å². The van der Waals surface area contributed by atoms with Crippen molar-refractivity contribution in [1.29, 1.82) is 5.26 Å². The lowest BCUT2D eigenvalue weighted by Crippen LogP contribution is -1.91. The molecule has 2 rings (SSSR count). The molecule has 0 aliphatic heterocycles. The lowest BCUT2D eigenvalue weighted by molar-refractivity contribution is 1.21. The highest BCUT2D eigenvalue weighted by atomic mass is 14.2. The summed E-state index contributed by atoms with van der Waals surface area (Å²) in [5.41, 5.74) is 7.45. The molecule has 90 valence electrons. The molecule has 0 atom stereocenters. The van der Waals surface area contributed by atoms with Crippen LogP contribution in [0, 0.1) is 32.1 Å². The molecule has 0 fully saturated rings. The van der Waals surface area contributed by atoms with Gasteiger partial charge in [-0.1, -0.05) is 36.4 Å². The third kappa shape index (κ3) is 2.28. The van der Waals surface area contributed by atoms with Gasteiger partial charge in [-0.3, -0.25) is 0 Å². The summed E-state index contributed by atoms with van der Waals surface area (Å²) in [6.07, 6.45) is 0.485. The van der Waals surface area contributed by atoms with Gasteiger partial charge in [0.15, 0.2) is 0 Å². The van der Waals surface area contributed by atoms with Gasteiger partial charge >= 0.3 is 0 Å². The first-order valence-corrected chi connectivity index (χ1v) is 6.16. The molecule has 0 aliphatic carbocycles. The second-order valence-corrected chi connectivity index (χ2v) is 4.72. The number of hydrogen-bond acceptors (Lipinski definition) is 1. The van der Waals surface area contributed by atoms with Gasteiger partial charge < -0.3 is 0 Å². The van der Waals surface area contributed by atoms with Crippen molar-refractivity contribution in [1.82, 2.24) is 0 Å². The average molecular weight is 235 g/mol. The van der Waals surface area contributed by atoms with Gasteiger partial charge in [0, 0.05) is 0 Å². The van der Waals surface area contributed by atoms with Crippen molar-refractivity contribution in [2.75, 3.05) is 0 Å². The van der Waals surface area contributed by atoms with Gasteiger partial charge in [-0.15, -0.1) is 0 Å². The standard InChI is InChI=1S/C17H17N/c1-12-5-4-6-17(14(12)3)16-8-7-15(9-10-18)13(2)11-16/h4-8,11H,9H2,1-3H3. The Labute approximate surface area is 109 Å². The molecular weight excluding hydrogens is 218 g/mol. The minimum Gasteiger partial charge on any atom is -0.198 e. The lowest BCUT2D eigenvalue weighted by Gasteiger charge is -2.11. The van der Waals surface area contributed by atoms with E-state index in [-0.39, 0.29) is 0 Å². The molecule has 0 spiro atoms. The van der Waals surface area contributed by atoms with Crippen LogP contribution in [0.5, 0.6) is 0 Å². The van der Waals surface area contributed by atoms with E-state index in [2.05, 4.69) is 63.2 Å². The van der Waals surface area contributed by atoms with Crippen LogP contribution in [0.15, 0.2) is 36.4 Å². The zero-order valence-electron chi connectivity index (χ0n) is 11.1. The molecule has 0 aromatic heterocycles. The number of aryl methyl sites for hydroxylation is 2. The Morgan fingerprint density at radius 2 is 1.78 bits per heavy atom. The van der Waals surface area contributed by atoms with Crippen molar-refractivity contribution >= 4 is 0 Å². The molecule has 0 heterocycles. The molecule has 2 aromatic carbocycles. The van der Waals surface area contributed by atoms with Gasteiger partial charge in [0.25, 0.3) is 0 Å². The second kappa shape index (κ2) is 5.06. The van der Waals surface area contributed by atoms with Gasteiger partial charge in [-0.05, 0) is 54.2 Å². The Balaban J connectivity index is 2.50. The Morgan fingerprint density at radius 3 is 2.44 bits per heavy atom. The third-order valence-electron chi connectivity index (χ3n) is 3.53. The van der Waals surface area contributed by atoms with Gasteiger partial charge in [0.2, 0.25) is 0 Å². The van der Waals surface area contributed by atoms with Gasteiger partial charge in [0.1, 0.15) is 0 Å². The largest absolute Gasteiger partial charge is 0.198 e. The van der Waals surface area contributed by atoms with Crippen molar-refractivity contribution < 1.29 is 0 Å². The Morgan fingerprint density at radius 1 is 1.00 bits per heavy atom. The molecule has 1 nitrogen and oxygen atoms in total. The molecule has 0 N–H and O–H groups in total. The van der Waals surface area contributed by atoms with Crippen LogP contribution in [-0.4, -0.2) is 0 Å². The number of benzene rings is 2. The highest BCUT2D eigenvalue weighted by Crippen LogP contribution is 2.27. The van der Waals surface area contributed by atoms with Gasteiger partial charge in [-0.2, -0.15) is 5.26 Å². The number of hydrogen-bond donors (Lipinski definition) is 0. The summed E-state index contributed by atoms with van der Waals surface area (Å²) in [5.74, 6) is 0. The summed E-state index contributed by atoms with van der Waals surface area (Å²) in [4.78, 5) is 0. The topological polar surface area (TPSA) is 23.8 Å². The van der Waals surface area contributed by atoms with Crippen LogP contribution in [0.1, 0.15) is 22.3 Å². The zero-order valence-corrected chi connectivity index (χ0v) is 11.1. The predicted molar refractivity (Wildman–Crippen MR) is 75.4 cm³/mol. The van der Waals surface area contributed by atoms with E-state index in [0.29, 0.717) is 6.42 Å². The van der Waals surface area contributed by atoms with E-state index >= 15 is 0 Å². The maximum absolute atomic E-state index is 8.76. The first kappa shape index (κ1) is 12.4. The molecule has 18 heavy (non-hydrogen) atoms. The number of rotatable bonds is 2. The van der Waals surface area contributed by atoms with Crippen molar-refractivity contribution in [2.24, 2.45) is 0 Å². The molecule has 0 saturated carbocycles. The van der Waals surface area contributed by atoms with Crippen molar-refractivity contribution in [2.45, 2.75) is 27.2 Å². The summed E-state index contributed by atoms with van der Waals surface area (Å²) in [6, 6.07) is 14.9. The monoisotopic (exact) mass is 235 g/mol. The Hall–Kier alpha value is -2.07. The second-order valence-electron chi connectivity index (χ2n) is 4.72. The lowest BCUT2D eigenvalue weighted by atomic mass is 9.94. The van der Waals surface area contributed by atoms with Crippen LogP contribution in [0.25, 0.3) is 11.1 Å². The fourth-order valence-electron chi connectivity index (χ4n) is 2.21. The maximum Gasteiger partial charge on any atom is 0.0669 e. The van der Waals surface area contributed by atoms with Gasteiger partial charge in [-0.25, -0.2) is 0 Å². The van der Waals surface area contributed by atoms with E-state index in [1.54, 1.807) is 0 Å². The average Bonchev–Trinajstić information content (AvgIpc) is 2.35. The van der Waals surface area contributed by atoms with E-state index in [0.717, 1.165) is 5.56 Å². The zero-order chi connectivity index (χ0) is 13.1. The molecule has 0 unspecified atom stereocenters. The summed E-state index contributed by atoms with van der Waals surface area (Å²) in [7, 11) is 0. The quantitative estimate of drug-likeness (QED) is 0.759. The van der Waals surface area contributed by atoms with Crippen LogP contribution in [0.2, 0.25) is 0 Å². The normalized spacial score (nSPS) is 10.1. The smallest absolute Gasteiger partial charge is 0.0669 e. The summed E-state index contributed by atoms with van der Waals surface area (Å²) < 4.78 is 0. The summed E-state index contributed by atoms with van der Waals surface area (Å²) in [6.45, 7) is 6.36. The van der Waals surface area contributed by atoms with Crippen LogP contribution >= 0.6 is 0 Å². The van der Waals surface area contributed by atoms with E-state index in [1.165, 1.54) is 27.8 Å². The first-order chi connectivity index (χ1) is 8.63. The van der Waals surface area contributed by atoms with E-state index in [9.17, 15) is 0 Å². The van der Waals surface area contributed by atoms with Crippen LogP contribution < -0.4 is 0 Å². The molecule has 0 radical (unpaired) electrons. The summed E-state index contributed by atoms with van der Waals surface area (Å²) >= 11 is 0. The van der Waals surface area contributed by atoms with Crippen LogP contribution in [0.3, 0.4) is 0 Å². The highest BCUT2D eigenvalue weighted by molar-refractivity contribution is 5.69. The van der Waals surface area contributed by atoms with E-state index < -0.39 is 0 Å². The minimum atomic E-state index is 0.485. The molecule has 0 aliphatic rings. The third-order valence-corrected chi connectivity index (χ3v) is 3.53. The number of nitrogens with zero attached hydrogens (tertiary/aromatic N) is 1. The first-order valence-electron chi connectivity index (χ1n) is 6.16. The molecule has 1 heteroatoms. The van der Waals surface area contributed by atoms with Gasteiger partial charge in [0.05, 0.1) is 12.5 Å². The molecule has 2 aromatic rings. The van der Waals surface area contributed by atoms with Crippen molar-refractivity contribution in [3.63, 3.8) is 0 Å². The van der Waals surface area contributed by atoms with Crippen LogP contribution in [0.4, 0.5) is 0 Å². The van der Waals surface area contributed by atoms with E-state index in [1.807, 2.05) is 0 Å². The van der Waals surface area contributed by atoms with E-state index in [4.69, 9.17) is 5.26 Å². The molecule has 0 saturated heterocycles. The predicted octanol–water partition coefficient (Wildman–Crippen LogP) is 4.34.